The second-order valence-electron chi connectivity index (χ2n) is 7.20. The third-order valence-electron chi connectivity index (χ3n) is 5.23. The fraction of sp³-hybridized carbons (Fsp3) is 0.217. The molecule has 0 amide bonds. The van der Waals surface area contributed by atoms with Gasteiger partial charge in [0.1, 0.15) is 18.7 Å². The Morgan fingerprint density at radius 1 is 1.10 bits per heavy atom. The number of carbonyl (C=O) groups is 1. The van der Waals surface area contributed by atoms with Gasteiger partial charge in [-0.05, 0) is 24.1 Å². The maximum Gasteiger partial charge on any atom is 0.317 e. The van der Waals surface area contributed by atoms with Gasteiger partial charge in [0.25, 0.3) is 0 Å². The maximum atomic E-state index is 13.2. The molecule has 0 fully saturated rings. The number of aromatic nitrogens is 2. The van der Waals surface area contributed by atoms with Gasteiger partial charge in [0, 0.05) is 25.0 Å². The number of nitrogens with zero attached hydrogens (tertiary/aromatic N) is 3. The number of esters is 1. The summed E-state index contributed by atoms with van der Waals surface area (Å²) in [5, 5.41) is 14.0. The van der Waals surface area contributed by atoms with Gasteiger partial charge < -0.3 is 14.7 Å². The fourth-order valence-electron chi connectivity index (χ4n) is 3.80. The monoisotopic (exact) mass is 389 g/mol. The van der Waals surface area contributed by atoms with Crippen molar-refractivity contribution in [1.29, 1.82) is 0 Å². The molecule has 1 N–H and O–H groups in total. The molecule has 1 aliphatic rings. The van der Waals surface area contributed by atoms with Crippen molar-refractivity contribution in [2.24, 2.45) is 5.92 Å². The SMILES string of the molecule is CC1=Cc2ccccc2N(C)C(n2ccc(O)n2)C1C(=O)OCc1ccccc1. The molecular weight excluding hydrogens is 366 g/mol. The molecule has 2 heterocycles. The van der Waals surface area contributed by atoms with Crippen molar-refractivity contribution in [1.82, 2.24) is 9.78 Å². The van der Waals surface area contributed by atoms with Gasteiger partial charge in [0.15, 0.2) is 0 Å². The first-order chi connectivity index (χ1) is 14.0. The predicted octanol–water partition coefficient (Wildman–Crippen LogP) is 4.00. The zero-order chi connectivity index (χ0) is 20.4. The summed E-state index contributed by atoms with van der Waals surface area (Å²) in [5.74, 6) is -1.01. The Bertz CT molecular complexity index is 1040. The van der Waals surface area contributed by atoms with E-state index in [4.69, 9.17) is 4.74 Å². The van der Waals surface area contributed by atoms with E-state index in [0.29, 0.717) is 0 Å². The number of aromatic hydroxyl groups is 1. The number of carbonyl (C=O) groups excluding carboxylic acids is 1. The maximum absolute atomic E-state index is 13.2. The zero-order valence-electron chi connectivity index (χ0n) is 16.4. The van der Waals surface area contributed by atoms with E-state index in [1.54, 1.807) is 10.9 Å². The molecule has 4 rings (SSSR count). The molecule has 1 aliphatic heterocycles. The van der Waals surface area contributed by atoms with E-state index in [1.165, 1.54) is 6.07 Å². The van der Waals surface area contributed by atoms with Gasteiger partial charge in [-0.25, -0.2) is 4.68 Å². The van der Waals surface area contributed by atoms with Crippen LogP contribution in [-0.2, 0) is 16.1 Å². The van der Waals surface area contributed by atoms with Gasteiger partial charge in [-0.15, -0.1) is 5.10 Å². The van der Waals surface area contributed by atoms with E-state index >= 15 is 0 Å². The molecule has 0 bridgehead atoms. The van der Waals surface area contributed by atoms with Gasteiger partial charge in [-0.2, -0.15) is 0 Å². The summed E-state index contributed by atoms with van der Waals surface area (Å²) in [7, 11) is 1.92. The zero-order valence-corrected chi connectivity index (χ0v) is 16.4. The second kappa shape index (κ2) is 7.83. The highest BCUT2D eigenvalue weighted by Gasteiger charge is 2.38. The Balaban J connectivity index is 1.71. The van der Waals surface area contributed by atoms with Crippen LogP contribution in [0.25, 0.3) is 6.08 Å². The Morgan fingerprint density at radius 3 is 2.55 bits per heavy atom. The lowest BCUT2D eigenvalue weighted by atomic mass is 9.96. The molecule has 148 valence electrons. The molecule has 6 heteroatoms. The third-order valence-corrected chi connectivity index (χ3v) is 5.23. The van der Waals surface area contributed by atoms with Gasteiger partial charge in [0.2, 0.25) is 5.88 Å². The van der Waals surface area contributed by atoms with Crippen LogP contribution >= 0.6 is 0 Å². The topological polar surface area (TPSA) is 67.6 Å². The number of hydrogen-bond acceptors (Lipinski definition) is 5. The van der Waals surface area contributed by atoms with E-state index in [9.17, 15) is 9.90 Å². The molecule has 2 unspecified atom stereocenters. The average molecular weight is 389 g/mol. The van der Waals surface area contributed by atoms with Crippen molar-refractivity contribution in [3.63, 3.8) is 0 Å². The van der Waals surface area contributed by atoms with Gasteiger partial charge in [0.05, 0.1) is 0 Å². The van der Waals surface area contributed by atoms with Gasteiger partial charge in [-0.3, -0.25) is 4.79 Å². The summed E-state index contributed by atoms with van der Waals surface area (Å²) in [6.45, 7) is 2.14. The van der Waals surface area contributed by atoms with Crippen LogP contribution in [0.3, 0.4) is 0 Å². The average Bonchev–Trinajstić information content (AvgIpc) is 3.12. The highest BCUT2D eigenvalue weighted by molar-refractivity contribution is 5.82. The summed E-state index contributed by atoms with van der Waals surface area (Å²) in [4.78, 5) is 15.2. The third kappa shape index (κ3) is 3.74. The number of benzene rings is 2. The molecule has 29 heavy (non-hydrogen) atoms. The Labute approximate surface area is 169 Å². The molecule has 0 saturated carbocycles. The number of ether oxygens (including phenoxy) is 1. The predicted molar refractivity (Wildman–Crippen MR) is 111 cm³/mol. The first-order valence-corrected chi connectivity index (χ1v) is 9.49. The van der Waals surface area contributed by atoms with Crippen LogP contribution in [0.1, 0.15) is 24.2 Å². The molecule has 2 atom stereocenters. The van der Waals surface area contributed by atoms with E-state index in [2.05, 4.69) is 5.10 Å². The Kier molecular flexibility index (Phi) is 5.08. The normalized spacial score (nSPS) is 18.6. The largest absolute Gasteiger partial charge is 0.492 e. The quantitative estimate of drug-likeness (QED) is 0.683. The first-order valence-electron chi connectivity index (χ1n) is 9.49. The van der Waals surface area contributed by atoms with Crippen molar-refractivity contribution < 1.29 is 14.6 Å². The van der Waals surface area contributed by atoms with Crippen molar-refractivity contribution in [2.45, 2.75) is 19.7 Å². The van der Waals surface area contributed by atoms with Crippen LogP contribution in [0.15, 0.2) is 72.4 Å². The molecule has 1 aromatic heterocycles. The lowest BCUT2D eigenvalue weighted by Crippen LogP contribution is -2.39. The minimum Gasteiger partial charge on any atom is -0.492 e. The summed E-state index contributed by atoms with van der Waals surface area (Å²) < 4.78 is 7.30. The van der Waals surface area contributed by atoms with E-state index in [-0.39, 0.29) is 18.5 Å². The molecule has 0 radical (unpaired) electrons. The van der Waals surface area contributed by atoms with Crippen LogP contribution < -0.4 is 4.90 Å². The number of rotatable bonds is 4. The number of para-hydroxylation sites is 1. The minimum absolute atomic E-state index is 0.0889. The fourth-order valence-corrected chi connectivity index (χ4v) is 3.80. The van der Waals surface area contributed by atoms with Crippen molar-refractivity contribution in [2.75, 3.05) is 11.9 Å². The molecule has 0 saturated heterocycles. The molecule has 6 nitrogen and oxygen atoms in total. The Morgan fingerprint density at radius 2 is 1.83 bits per heavy atom. The van der Waals surface area contributed by atoms with Crippen molar-refractivity contribution >= 4 is 17.7 Å². The summed E-state index contributed by atoms with van der Waals surface area (Å²) >= 11 is 0. The molecule has 2 aromatic carbocycles. The van der Waals surface area contributed by atoms with Crippen LogP contribution in [0, 0.1) is 5.92 Å². The van der Waals surface area contributed by atoms with Crippen molar-refractivity contribution in [3.8, 4) is 5.88 Å². The minimum atomic E-state index is -0.588. The summed E-state index contributed by atoms with van der Waals surface area (Å²) in [5.41, 5.74) is 3.80. The van der Waals surface area contributed by atoms with E-state index < -0.39 is 12.1 Å². The van der Waals surface area contributed by atoms with Crippen LogP contribution in [0.4, 0.5) is 5.69 Å². The Hall–Kier alpha value is -3.54. The number of anilines is 1. The second-order valence-corrected chi connectivity index (χ2v) is 7.20. The number of hydrogen-bond donors (Lipinski definition) is 1. The highest BCUT2D eigenvalue weighted by Crippen LogP contribution is 2.39. The van der Waals surface area contributed by atoms with E-state index in [0.717, 1.165) is 22.4 Å². The summed E-state index contributed by atoms with van der Waals surface area (Å²) in [6, 6.07) is 19.1. The van der Waals surface area contributed by atoms with E-state index in [1.807, 2.05) is 79.5 Å². The lowest BCUT2D eigenvalue weighted by Gasteiger charge is -2.34. The molecule has 0 spiro atoms. The van der Waals surface area contributed by atoms with Crippen LogP contribution in [-0.4, -0.2) is 27.9 Å². The standard InChI is InChI=1S/C23H23N3O3/c1-16-14-18-10-6-7-11-19(18)25(2)22(26-13-12-20(27)24-26)21(16)23(28)29-15-17-8-4-3-5-9-17/h3-14,21-22H,15H2,1-2H3,(H,24,27). The summed E-state index contributed by atoms with van der Waals surface area (Å²) in [6.07, 6.45) is 3.22. The van der Waals surface area contributed by atoms with Crippen LogP contribution in [0.5, 0.6) is 5.88 Å². The van der Waals surface area contributed by atoms with Crippen molar-refractivity contribution in [3.05, 3.63) is 83.6 Å². The first kappa shape index (κ1) is 18.8. The van der Waals surface area contributed by atoms with Crippen LogP contribution in [0.2, 0.25) is 0 Å². The molecular formula is C23H23N3O3. The lowest BCUT2D eigenvalue weighted by molar-refractivity contribution is -0.150. The number of fused-ring (bicyclic) bond motifs is 1. The highest BCUT2D eigenvalue weighted by atomic mass is 16.5. The smallest absolute Gasteiger partial charge is 0.317 e. The molecule has 3 aromatic rings. The van der Waals surface area contributed by atoms with Gasteiger partial charge >= 0.3 is 5.97 Å². The molecule has 0 aliphatic carbocycles. The van der Waals surface area contributed by atoms with Gasteiger partial charge in [-0.1, -0.05) is 60.2 Å².